The normalized spacial score (nSPS) is 20.1. The van der Waals surface area contributed by atoms with Crippen LogP contribution in [0.5, 0.6) is 0 Å². The monoisotopic (exact) mass is 227 g/mol. The van der Waals surface area contributed by atoms with Crippen LogP contribution >= 0.6 is 0 Å². The highest BCUT2D eigenvalue weighted by molar-refractivity contribution is 5.96. The highest BCUT2D eigenvalue weighted by atomic mass is 16.3. The zero-order valence-corrected chi connectivity index (χ0v) is 10.1. The lowest BCUT2D eigenvalue weighted by Crippen LogP contribution is -2.46. The fraction of sp³-hybridized carbons (Fsp3) is 0.833. The number of aliphatic hydroxyl groups is 1. The first-order chi connectivity index (χ1) is 7.57. The molecule has 1 N–H and O–H groups in total. The van der Waals surface area contributed by atoms with Crippen molar-refractivity contribution < 1.29 is 14.7 Å². The highest BCUT2D eigenvalue weighted by Crippen LogP contribution is 2.21. The Labute approximate surface area is 96.6 Å². The van der Waals surface area contributed by atoms with Crippen LogP contribution in [0.4, 0.5) is 0 Å². The van der Waals surface area contributed by atoms with Gasteiger partial charge in [0, 0.05) is 25.5 Å². The first-order valence-corrected chi connectivity index (χ1v) is 6.03. The molecule has 1 heterocycles. The molecule has 4 heteroatoms. The molecule has 4 nitrogen and oxygen atoms in total. The van der Waals surface area contributed by atoms with Crippen LogP contribution in [0.15, 0.2) is 0 Å². The predicted molar refractivity (Wildman–Crippen MR) is 60.6 cm³/mol. The third-order valence-corrected chi connectivity index (χ3v) is 3.09. The number of rotatable bonds is 4. The Morgan fingerprint density at radius 3 is 2.06 bits per heavy atom. The summed E-state index contributed by atoms with van der Waals surface area (Å²) in [7, 11) is 0. The van der Waals surface area contributed by atoms with Crippen molar-refractivity contribution in [2.24, 2.45) is 5.92 Å². The van der Waals surface area contributed by atoms with Gasteiger partial charge in [-0.3, -0.25) is 14.5 Å². The minimum Gasteiger partial charge on any atom is -0.396 e. The summed E-state index contributed by atoms with van der Waals surface area (Å²) in [6, 6.07) is -0.150. The number of likely N-dealkylation sites (tertiary alicyclic amines) is 1. The van der Waals surface area contributed by atoms with Gasteiger partial charge < -0.3 is 5.11 Å². The smallest absolute Gasteiger partial charge is 0.229 e. The summed E-state index contributed by atoms with van der Waals surface area (Å²) in [5, 5.41) is 9.01. The number of nitrogens with zero attached hydrogens (tertiary/aromatic N) is 1. The zero-order valence-electron chi connectivity index (χ0n) is 10.1. The first-order valence-electron chi connectivity index (χ1n) is 6.03. The maximum atomic E-state index is 11.9. The molecule has 1 aliphatic heterocycles. The number of aliphatic hydroxyl groups excluding tert-OH is 1. The topological polar surface area (TPSA) is 57.6 Å². The average molecular weight is 227 g/mol. The van der Waals surface area contributed by atoms with Crippen molar-refractivity contribution in [1.29, 1.82) is 0 Å². The Bertz CT molecular complexity index is 245. The summed E-state index contributed by atoms with van der Waals surface area (Å²) in [4.78, 5) is 25.1. The van der Waals surface area contributed by atoms with E-state index in [1.807, 2.05) is 13.8 Å². The van der Waals surface area contributed by atoms with Crippen LogP contribution in [-0.4, -0.2) is 34.5 Å². The first kappa shape index (κ1) is 13.2. The molecule has 1 rings (SSSR count). The number of hydrogen-bond donors (Lipinski definition) is 1. The number of amides is 2. The Kier molecular flexibility index (Phi) is 4.93. The predicted octanol–water partition coefficient (Wildman–Crippen LogP) is 1.32. The lowest BCUT2D eigenvalue weighted by Gasteiger charge is -2.31. The molecule has 2 amide bonds. The Hall–Kier alpha value is -0.900. The Morgan fingerprint density at radius 1 is 1.19 bits per heavy atom. The third kappa shape index (κ3) is 3.04. The number of imide groups is 1. The lowest BCUT2D eigenvalue weighted by atomic mass is 9.99. The molecule has 0 spiro atoms. The number of carbonyl (C=O) groups excluding carboxylic acids is 2. The van der Waals surface area contributed by atoms with Crippen molar-refractivity contribution >= 4 is 11.8 Å². The van der Waals surface area contributed by atoms with E-state index in [1.54, 1.807) is 0 Å². The summed E-state index contributed by atoms with van der Waals surface area (Å²) < 4.78 is 0. The van der Waals surface area contributed by atoms with Gasteiger partial charge in [0.25, 0.3) is 0 Å². The molecule has 1 fully saturated rings. The molecule has 0 radical (unpaired) electrons. The second-order valence-electron chi connectivity index (χ2n) is 4.69. The van der Waals surface area contributed by atoms with Crippen molar-refractivity contribution in [2.75, 3.05) is 6.61 Å². The third-order valence-electron chi connectivity index (χ3n) is 3.09. The molecular weight excluding hydrogens is 206 g/mol. The minimum absolute atomic E-state index is 0.0138. The summed E-state index contributed by atoms with van der Waals surface area (Å²) in [6.45, 7) is 3.97. The minimum atomic E-state index is -0.150. The molecule has 92 valence electrons. The Balaban J connectivity index is 2.85. The summed E-state index contributed by atoms with van der Waals surface area (Å²) in [5.41, 5.74) is 0. The van der Waals surface area contributed by atoms with Gasteiger partial charge in [-0.05, 0) is 25.2 Å². The SMILES string of the molecule is CC(C)C(CCO)N1C(=O)CCCCC1=O. The van der Waals surface area contributed by atoms with Gasteiger partial charge in [-0.25, -0.2) is 0 Å². The van der Waals surface area contributed by atoms with E-state index < -0.39 is 0 Å². The van der Waals surface area contributed by atoms with Gasteiger partial charge >= 0.3 is 0 Å². The van der Waals surface area contributed by atoms with Gasteiger partial charge in [0.15, 0.2) is 0 Å². The van der Waals surface area contributed by atoms with Gasteiger partial charge in [0.05, 0.1) is 0 Å². The van der Waals surface area contributed by atoms with E-state index in [0.717, 1.165) is 12.8 Å². The maximum absolute atomic E-state index is 11.9. The summed E-state index contributed by atoms with van der Waals surface area (Å²) in [6.07, 6.45) is 2.99. The van der Waals surface area contributed by atoms with E-state index in [0.29, 0.717) is 19.3 Å². The largest absolute Gasteiger partial charge is 0.396 e. The summed E-state index contributed by atoms with van der Waals surface area (Å²) in [5.74, 6) is 0.0439. The molecule has 1 aliphatic rings. The van der Waals surface area contributed by atoms with E-state index in [1.165, 1.54) is 4.90 Å². The van der Waals surface area contributed by atoms with Crippen LogP contribution in [0.25, 0.3) is 0 Å². The fourth-order valence-electron chi connectivity index (χ4n) is 2.20. The molecule has 0 aromatic rings. The van der Waals surface area contributed by atoms with Crippen molar-refractivity contribution in [3.8, 4) is 0 Å². The lowest BCUT2D eigenvalue weighted by molar-refractivity contribution is -0.148. The molecule has 1 saturated heterocycles. The van der Waals surface area contributed by atoms with Crippen LogP contribution in [0.3, 0.4) is 0 Å². The van der Waals surface area contributed by atoms with E-state index in [9.17, 15) is 9.59 Å². The van der Waals surface area contributed by atoms with Crippen LogP contribution in [0, 0.1) is 5.92 Å². The van der Waals surface area contributed by atoms with Gasteiger partial charge in [0.1, 0.15) is 0 Å². The van der Waals surface area contributed by atoms with Crippen molar-refractivity contribution in [3.05, 3.63) is 0 Å². The van der Waals surface area contributed by atoms with E-state index in [4.69, 9.17) is 5.11 Å². The zero-order chi connectivity index (χ0) is 12.1. The van der Waals surface area contributed by atoms with Crippen molar-refractivity contribution in [2.45, 2.75) is 52.0 Å². The number of hydrogen-bond acceptors (Lipinski definition) is 3. The van der Waals surface area contributed by atoms with Gasteiger partial charge in [-0.15, -0.1) is 0 Å². The molecule has 0 saturated carbocycles. The van der Waals surface area contributed by atoms with E-state index >= 15 is 0 Å². The molecule has 0 aromatic carbocycles. The van der Waals surface area contributed by atoms with Gasteiger partial charge in [0.2, 0.25) is 11.8 Å². The van der Waals surface area contributed by atoms with Crippen LogP contribution < -0.4 is 0 Å². The fourth-order valence-corrected chi connectivity index (χ4v) is 2.20. The van der Waals surface area contributed by atoms with Crippen LogP contribution in [0.1, 0.15) is 46.0 Å². The second kappa shape index (κ2) is 5.99. The van der Waals surface area contributed by atoms with E-state index in [2.05, 4.69) is 0 Å². The average Bonchev–Trinajstić information content (AvgIpc) is 2.37. The summed E-state index contributed by atoms with van der Waals surface area (Å²) >= 11 is 0. The Morgan fingerprint density at radius 2 is 1.69 bits per heavy atom. The maximum Gasteiger partial charge on any atom is 0.229 e. The van der Waals surface area contributed by atoms with Crippen molar-refractivity contribution in [1.82, 2.24) is 4.90 Å². The van der Waals surface area contributed by atoms with Gasteiger partial charge in [-0.2, -0.15) is 0 Å². The molecular formula is C12H21NO3. The molecule has 0 aliphatic carbocycles. The van der Waals surface area contributed by atoms with Crippen LogP contribution in [-0.2, 0) is 9.59 Å². The molecule has 0 bridgehead atoms. The molecule has 1 unspecified atom stereocenters. The van der Waals surface area contributed by atoms with Crippen LogP contribution in [0.2, 0.25) is 0 Å². The molecule has 1 atom stereocenters. The standard InChI is InChI=1S/C12H21NO3/c1-9(2)10(7-8-14)13-11(15)5-3-4-6-12(13)16/h9-10,14H,3-8H2,1-2H3. The van der Waals surface area contributed by atoms with Gasteiger partial charge in [-0.1, -0.05) is 13.8 Å². The van der Waals surface area contributed by atoms with Crippen molar-refractivity contribution in [3.63, 3.8) is 0 Å². The molecule has 0 aromatic heterocycles. The van der Waals surface area contributed by atoms with E-state index in [-0.39, 0.29) is 30.4 Å². The number of carbonyl (C=O) groups is 2. The quantitative estimate of drug-likeness (QED) is 0.737. The highest BCUT2D eigenvalue weighted by Gasteiger charge is 2.32. The second-order valence-corrected chi connectivity index (χ2v) is 4.69. The molecule has 16 heavy (non-hydrogen) atoms.